The molecule has 0 unspecified atom stereocenters. The smallest absolute Gasteiger partial charge is 0.270 e. The van der Waals surface area contributed by atoms with E-state index in [-0.39, 0.29) is 11.3 Å². The van der Waals surface area contributed by atoms with Crippen molar-refractivity contribution in [3.63, 3.8) is 0 Å². The lowest BCUT2D eigenvalue weighted by Gasteiger charge is -2.25. The van der Waals surface area contributed by atoms with Crippen molar-refractivity contribution in [2.24, 2.45) is 5.73 Å². The molecule has 4 nitrogen and oxygen atoms in total. The maximum atomic E-state index is 12.1. The van der Waals surface area contributed by atoms with Gasteiger partial charge in [0.2, 0.25) is 0 Å². The molecule has 112 valence electrons. The van der Waals surface area contributed by atoms with Crippen LogP contribution >= 0.6 is 11.3 Å². The maximum Gasteiger partial charge on any atom is 0.270 e. The quantitative estimate of drug-likeness (QED) is 0.861. The van der Waals surface area contributed by atoms with E-state index < -0.39 is 0 Å². The Bertz CT molecular complexity index is 593. The predicted molar refractivity (Wildman–Crippen MR) is 86.7 cm³/mol. The summed E-state index contributed by atoms with van der Waals surface area (Å²) in [6.07, 6.45) is 0.716. The molecule has 1 heterocycles. The lowest BCUT2D eigenvalue weighted by Crippen LogP contribution is -2.36. The van der Waals surface area contributed by atoms with Gasteiger partial charge < -0.3 is 11.1 Å². The molecular weight excluding hydrogens is 282 g/mol. The second kappa shape index (κ2) is 6.83. The van der Waals surface area contributed by atoms with Crippen LogP contribution in [0.15, 0.2) is 35.7 Å². The maximum absolute atomic E-state index is 12.1. The molecule has 1 aromatic heterocycles. The van der Waals surface area contributed by atoms with Crippen LogP contribution in [0.5, 0.6) is 0 Å². The van der Waals surface area contributed by atoms with E-state index >= 15 is 0 Å². The Labute approximate surface area is 129 Å². The van der Waals surface area contributed by atoms with Crippen molar-refractivity contribution in [3.05, 3.63) is 52.0 Å². The fraction of sp³-hybridized carbons (Fsp3) is 0.375. The lowest BCUT2D eigenvalue weighted by atomic mass is 9.84. The number of amides is 1. The van der Waals surface area contributed by atoms with Crippen molar-refractivity contribution in [3.8, 4) is 0 Å². The lowest BCUT2D eigenvalue weighted by molar-refractivity contribution is 0.0941. The van der Waals surface area contributed by atoms with E-state index in [2.05, 4.69) is 36.3 Å². The molecule has 0 fully saturated rings. The molecule has 0 spiro atoms. The van der Waals surface area contributed by atoms with Crippen molar-refractivity contribution in [1.29, 1.82) is 0 Å². The van der Waals surface area contributed by atoms with Crippen LogP contribution in [0, 0.1) is 0 Å². The molecule has 21 heavy (non-hydrogen) atoms. The van der Waals surface area contributed by atoms with Crippen LogP contribution < -0.4 is 11.1 Å². The highest BCUT2D eigenvalue weighted by Gasteiger charge is 2.22. The van der Waals surface area contributed by atoms with Crippen LogP contribution in [0.4, 0.5) is 0 Å². The first-order valence-corrected chi connectivity index (χ1v) is 7.89. The summed E-state index contributed by atoms with van der Waals surface area (Å²) < 4.78 is 0. The van der Waals surface area contributed by atoms with Gasteiger partial charge in [-0.25, -0.2) is 4.98 Å². The highest BCUT2D eigenvalue weighted by atomic mass is 32.1. The zero-order valence-corrected chi connectivity index (χ0v) is 13.2. The molecule has 0 aliphatic heterocycles. The number of carbonyl (C=O) groups is 1. The first-order chi connectivity index (χ1) is 10.0. The summed E-state index contributed by atoms with van der Waals surface area (Å²) in [5, 5.41) is 5.66. The number of aromatic nitrogens is 1. The number of benzene rings is 1. The summed E-state index contributed by atoms with van der Waals surface area (Å²) in [5.74, 6) is -0.126. The van der Waals surface area contributed by atoms with Gasteiger partial charge in [0.05, 0.1) is 5.01 Å². The van der Waals surface area contributed by atoms with Gasteiger partial charge in [0.1, 0.15) is 5.69 Å². The second-order valence-electron chi connectivity index (χ2n) is 5.60. The standard InChI is InChI=1S/C16H21N3OS/c1-16(2,12-6-4-3-5-7-12)11-18-15(20)13-10-21-14(19-13)8-9-17/h3-7,10H,8-9,11,17H2,1-2H3,(H,18,20). The third-order valence-electron chi connectivity index (χ3n) is 3.39. The molecule has 0 saturated heterocycles. The Morgan fingerprint density at radius 1 is 1.33 bits per heavy atom. The fourth-order valence-electron chi connectivity index (χ4n) is 2.04. The van der Waals surface area contributed by atoms with Gasteiger partial charge in [-0.15, -0.1) is 11.3 Å². The largest absolute Gasteiger partial charge is 0.350 e. The molecule has 0 radical (unpaired) electrons. The van der Waals surface area contributed by atoms with Gasteiger partial charge in [0.15, 0.2) is 0 Å². The second-order valence-corrected chi connectivity index (χ2v) is 6.54. The number of nitrogens with one attached hydrogen (secondary N) is 1. The summed E-state index contributed by atoms with van der Waals surface area (Å²) in [6, 6.07) is 10.2. The first-order valence-electron chi connectivity index (χ1n) is 7.01. The van der Waals surface area contributed by atoms with Gasteiger partial charge >= 0.3 is 0 Å². The molecule has 2 aromatic rings. The van der Waals surface area contributed by atoms with Crippen LogP contribution in [-0.4, -0.2) is 24.0 Å². The van der Waals surface area contributed by atoms with Crippen LogP contribution in [0.1, 0.15) is 34.9 Å². The van der Waals surface area contributed by atoms with E-state index in [0.717, 1.165) is 5.01 Å². The molecule has 0 aliphatic carbocycles. The summed E-state index contributed by atoms with van der Waals surface area (Å²) in [7, 11) is 0. The number of nitrogens with zero attached hydrogens (tertiary/aromatic N) is 1. The Morgan fingerprint density at radius 3 is 2.71 bits per heavy atom. The van der Waals surface area contributed by atoms with E-state index in [4.69, 9.17) is 5.73 Å². The van der Waals surface area contributed by atoms with Crippen molar-refractivity contribution in [1.82, 2.24) is 10.3 Å². The molecule has 3 N–H and O–H groups in total. The third kappa shape index (κ3) is 4.12. The number of nitrogens with two attached hydrogens (primary N) is 1. The molecule has 0 saturated carbocycles. The molecule has 0 atom stereocenters. The van der Waals surface area contributed by atoms with Gasteiger partial charge in [0, 0.05) is 23.8 Å². The minimum Gasteiger partial charge on any atom is -0.350 e. The minimum absolute atomic E-state index is 0.118. The average Bonchev–Trinajstić information content (AvgIpc) is 2.95. The number of thiazole rings is 1. The summed E-state index contributed by atoms with van der Waals surface area (Å²) in [4.78, 5) is 16.4. The van der Waals surface area contributed by atoms with E-state index in [1.54, 1.807) is 5.38 Å². The van der Waals surface area contributed by atoms with Gasteiger partial charge in [-0.2, -0.15) is 0 Å². The molecule has 0 bridgehead atoms. The van der Waals surface area contributed by atoms with Gasteiger partial charge in [-0.1, -0.05) is 44.2 Å². The van der Waals surface area contributed by atoms with E-state index in [9.17, 15) is 4.79 Å². The Kier molecular flexibility index (Phi) is 5.09. The zero-order valence-electron chi connectivity index (χ0n) is 12.4. The van der Waals surface area contributed by atoms with E-state index in [1.807, 2.05) is 18.2 Å². The van der Waals surface area contributed by atoms with Crippen LogP contribution in [0.2, 0.25) is 0 Å². The first kappa shape index (κ1) is 15.7. The monoisotopic (exact) mass is 303 g/mol. The SMILES string of the molecule is CC(C)(CNC(=O)c1csc(CCN)n1)c1ccccc1. The number of carbonyl (C=O) groups excluding carboxylic acids is 1. The third-order valence-corrected chi connectivity index (χ3v) is 4.30. The van der Waals surface area contributed by atoms with Crippen LogP contribution in [0.3, 0.4) is 0 Å². The minimum atomic E-state index is -0.126. The van der Waals surface area contributed by atoms with E-state index in [1.165, 1.54) is 16.9 Å². The zero-order chi connectivity index (χ0) is 15.3. The highest BCUT2D eigenvalue weighted by Crippen LogP contribution is 2.21. The summed E-state index contributed by atoms with van der Waals surface area (Å²) in [5.41, 5.74) is 7.05. The van der Waals surface area contributed by atoms with Crippen molar-refractivity contribution in [2.45, 2.75) is 25.7 Å². The van der Waals surface area contributed by atoms with Crippen molar-refractivity contribution >= 4 is 17.2 Å². The number of hydrogen-bond donors (Lipinski definition) is 2. The van der Waals surface area contributed by atoms with Crippen molar-refractivity contribution in [2.75, 3.05) is 13.1 Å². The summed E-state index contributed by atoms with van der Waals surface area (Å²) >= 11 is 1.48. The fourth-order valence-corrected chi connectivity index (χ4v) is 2.83. The predicted octanol–water partition coefficient (Wildman–Crippen LogP) is 2.35. The average molecular weight is 303 g/mol. The van der Waals surface area contributed by atoms with Crippen LogP contribution in [0.25, 0.3) is 0 Å². The van der Waals surface area contributed by atoms with Crippen LogP contribution in [-0.2, 0) is 11.8 Å². The number of rotatable bonds is 6. The van der Waals surface area contributed by atoms with Gasteiger partial charge in [-0.3, -0.25) is 4.79 Å². The number of hydrogen-bond acceptors (Lipinski definition) is 4. The molecule has 5 heteroatoms. The molecule has 1 aromatic carbocycles. The Morgan fingerprint density at radius 2 is 2.05 bits per heavy atom. The van der Waals surface area contributed by atoms with Crippen molar-refractivity contribution < 1.29 is 4.79 Å². The Balaban J connectivity index is 1.96. The van der Waals surface area contributed by atoms with Gasteiger partial charge in [-0.05, 0) is 12.1 Å². The molecule has 2 rings (SSSR count). The molecule has 0 aliphatic rings. The highest BCUT2D eigenvalue weighted by molar-refractivity contribution is 7.09. The normalized spacial score (nSPS) is 11.4. The Hall–Kier alpha value is -1.72. The topological polar surface area (TPSA) is 68.0 Å². The van der Waals surface area contributed by atoms with Gasteiger partial charge in [0.25, 0.3) is 5.91 Å². The molecule has 1 amide bonds. The summed E-state index contributed by atoms with van der Waals surface area (Å²) in [6.45, 7) is 5.35. The van der Waals surface area contributed by atoms with E-state index in [0.29, 0.717) is 25.2 Å². The molecular formula is C16H21N3OS.